The van der Waals surface area contributed by atoms with E-state index in [2.05, 4.69) is 5.32 Å². The number of rotatable bonds is 7. The van der Waals surface area contributed by atoms with E-state index in [1.165, 1.54) is 24.3 Å². The number of Topliss-reactive ketones (excluding diaryl/α,β-unsaturated/α-hetero) is 1. The Hall–Kier alpha value is -2.18. The predicted octanol–water partition coefficient (Wildman–Crippen LogP) is 4.96. The molecular formula is C21H17Cl2F2NO3. The van der Waals surface area contributed by atoms with Gasteiger partial charge in [0, 0.05) is 23.6 Å². The zero-order chi connectivity index (χ0) is 20.8. The van der Waals surface area contributed by atoms with Gasteiger partial charge in [-0.25, -0.2) is 8.78 Å². The first-order valence-electron chi connectivity index (χ1n) is 9.07. The molecule has 0 aliphatic heterocycles. The third-order valence-corrected chi connectivity index (χ3v) is 6.18. The number of halogens is 4. The lowest BCUT2D eigenvalue weighted by Gasteiger charge is -2.70. The van der Waals surface area contributed by atoms with Gasteiger partial charge in [0.1, 0.15) is 24.0 Å². The molecule has 3 aliphatic rings. The van der Waals surface area contributed by atoms with Crippen molar-refractivity contribution >= 4 is 34.9 Å². The molecule has 0 radical (unpaired) electrons. The summed E-state index contributed by atoms with van der Waals surface area (Å²) in [6, 6.07) is 7.95. The van der Waals surface area contributed by atoms with Gasteiger partial charge in [-0.2, -0.15) is 0 Å². The Bertz CT molecular complexity index is 992. The minimum absolute atomic E-state index is 0.00812. The van der Waals surface area contributed by atoms with Crippen molar-refractivity contribution in [1.82, 2.24) is 5.32 Å². The topological polar surface area (TPSA) is 55.4 Å². The van der Waals surface area contributed by atoms with Crippen molar-refractivity contribution in [3.8, 4) is 5.75 Å². The van der Waals surface area contributed by atoms with Crippen LogP contribution >= 0.6 is 23.2 Å². The molecule has 8 heteroatoms. The first-order chi connectivity index (χ1) is 13.7. The smallest absolute Gasteiger partial charge is 0.251 e. The summed E-state index contributed by atoms with van der Waals surface area (Å²) < 4.78 is 32.3. The number of nitrogens with one attached hydrogen (secondary N) is 1. The fourth-order valence-corrected chi connectivity index (χ4v) is 4.70. The normalized spacial score (nSPS) is 24.3. The molecule has 0 aromatic heterocycles. The summed E-state index contributed by atoms with van der Waals surface area (Å²) in [5, 5.41) is 2.90. The molecule has 0 spiro atoms. The SMILES string of the molecule is O=C(COc1ccc(Cl)c(F)c1)CC12CC(NC(=O)c3ccc(Cl)c(F)c3)(C1)C2. The molecule has 29 heavy (non-hydrogen) atoms. The van der Waals surface area contributed by atoms with Gasteiger partial charge in [0.25, 0.3) is 5.91 Å². The number of ketones is 1. The lowest BCUT2D eigenvalue weighted by Crippen LogP contribution is -2.75. The summed E-state index contributed by atoms with van der Waals surface area (Å²) in [6.45, 7) is -0.147. The Morgan fingerprint density at radius 1 is 1.00 bits per heavy atom. The zero-order valence-electron chi connectivity index (χ0n) is 15.2. The zero-order valence-corrected chi connectivity index (χ0v) is 16.7. The quantitative estimate of drug-likeness (QED) is 0.662. The van der Waals surface area contributed by atoms with Gasteiger partial charge in [-0.05, 0) is 55.0 Å². The van der Waals surface area contributed by atoms with Gasteiger partial charge < -0.3 is 10.1 Å². The molecule has 2 aromatic rings. The van der Waals surface area contributed by atoms with Crippen LogP contribution in [0.4, 0.5) is 8.78 Å². The Balaban J connectivity index is 1.25. The van der Waals surface area contributed by atoms with Gasteiger partial charge in [-0.1, -0.05) is 23.2 Å². The van der Waals surface area contributed by atoms with Gasteiger partial charge in [-0.3, -0.25) is 9.59 Å². The van der Waals surface area contributed by atoms with Gasteiger partial charge in [-0.15, -0.1) is 0 Å². The molecule has 2 bridgehead atoms. The molecule has 152 valence electrons. The van der Waals surface area contributed by atoms with Crippen LogP contribution in [0.15, 0.2) is 36.4 Å². The van der Waals surface area contributed by atoms with E-state index in [4.69, 9.17) is 27.9 Å². The Labute approximate surface area is 176 Å². The molecule has 3 fully saturated rings. The van der Waals surface area contributed by atoms with Crippen LogP contribution in [-0.2, 0) is 4.79 Å². The van der Waals surface area contributed by atoms with Crippen LogP contribution in [0.1, 0.15) is 36.0 Å². The van der Waals surface area contributed by atoms with Gasteiger partial charge in [0.15, 0.2) is 5.78 Å². The lowest BCUT2D eigenvalue weighted by atomic mass is 9.38. The van der Waals surface area contributed by atoms with Crippen LogP contribution < -0.4 is 10.1 Å². The molecular weight excluding hydrogens is 423 g/mol. The van der Waals surface area contributed by atoms with E-state index in [-0.39, 0.29) is 50.6 Å². The first kappa shape index (κ1) is 20.1. The second-order valence-corrected chi connectivity index (χ2v) is 8.79. The lowest BCUT2D eigenvalue weighted by molar-refractivity contribution is -0.162. The van der Waals surface area contributed by atoms with Gasteiger partial charge in [0.05, 0.1) is 10.0 Å². The molecule has 0 unspecified atom stereocenters. The van der Waals surface area contributed by atoms with Crippen LogP contribution in [0.2, 0.25) is 10.0 Å². The van der Waals surface area contributed by atoms with Crippen LogP contribution in [0.3, 0.4) is 0 Å². The van der Waals surface area contributed by atoms with Crippen LogP contribution in [0.5, 0.6) is 5.75 Å². The number of hydrogen-bond donors (Lipinski definition) is 1. The molecule has 1 N–H and O–H groups in total. The fraction of sp³-hybridized carbons (Fsp3) is 0.333. The predicted molar refractivity (Wildman–Crippen MR) is 104 cm³/mol. The molecule has 3 aliphatic carbocycles. The molecule has 5 rings (SSSR count). The summed E-state index contributed by atoms with van der Waals surface area (Å²) in [6.07, 6.45) is 2.44. The fourth-order valence-electron chi connectivity index (χ4n) is 4.47. The summed E-state index contributed by atoms with van der Waals surface area (Å²) in [4.78, 5) is 24.6. The first-order valence-corrected chi connectivity index (χ1v) is 9.82. The van der Waals surface area contributed by atoms with Gasteiger partial charge >= 0.3 is 0 Å². The highest BCUT2D eigenvalue weighted by molar-refractivity contribution is 6.31. The van der Waals surface area contributed by atoms with Gasteiger partial charge in [0.2, 0.25) is 0 Å². The summed E-state index contributed by atoms with van der Waals surface area (Å²) in [5.41, 5.74) is -0.233. The van der Waals surface area contributed by atoms with E-state index >= 15 is 0 Å². The number of hydrogen-bond acceptors (Lipinski definition) is 3. The highest BCUT2D eigenvalue weighted by Gasteiger charge is 2.68. The standard InChI is InChI=1S/C21H17Cl2F2NO3/c22-15-3-1-12(5-17(15)24)19(28)26-21-9-20(10-21,11-21)7-13(27)8-29-14-2-4-16(23)18(25)6-14/h1-6H,7-11H2,(H,26,28). The van der Waals surface area contributed by atoms with E-state index in [0.29, 0.717) is 25.7 Å². The largest absolute Gasteiger partial charge is 0.486 e. The van der Waals surface area contributed by atoms with E-state index < -0.39 is 11.6 Å². The Kier molecular flexibility index (Phi) is 5.03. The van der Waals surface area contributed by atoms with Crippen LogP contribution in [0.25, 0.3) is 0 Å². The van der Waals surface area contributed by atoms with Crippen molar-refractivity contribution in [3.05, 3.63) is 63.6 Å². The number of amides is 1. The van der Waals surface area contributed by atoms with Crippen molar-refractivity contribution in [2.45, 2.75) is 31.2 Å². The van der Waals surface area contributed by atoms with E-state index in [1.807, 2.05) is 0 Å². The minimum Gasteiger partial charge on any atom is -0.486 e. The maximum absolute atomic E-state index is 13.5. The number of carbonyl (C=O) groups is 2. The second kappa shape index (κ2) is 7.26. The number of carbonyl (C=O) groups excluding carboxylic acids is 2. The summed E-state index contributed by atoms with van der Waals surface area (Å²) in [5.74, 6) is -1.43. The highest BCUT2D eigenvalue weighted by atomic mass is 35.5. The van der Waals surface area contributed by atoms with E-state index in [1.54, 1.807) is 0 Å². The third-order valence-electron chi connectivity index (χ3n) is 5.56. The Morgan fingerprint density at radius 2 is 1.62 bits per heavy atom. The van der Waals surface area contributed by atoms with Crippen molar-refractivity contribution in [2.24, 2.45) is 5.41 Å². The van der Waals surface area contributed by atoms with Crippen molar-refractivity contribution in [1.29, 1.82) is 0 Å². The second-order valence-electron chi connectivity index (χ2n) is 7.97. The van der Waals surface area contributed by atoms with E-state index in [0.717, 1.165) is 12.1 Å². The third kappa shape index (κ3) is 3.96. The van der Waals surface area contributed by atoms with E-state index in [9.17, 15) is 18.4 Å². The van der Waals surface area contributed by atoms with Crippen LogP contribution in [-0.4, -0.2) is 23.8 Å². The van der Waals surface area contributed by atoms with Crippen molar-refractivity contribution in [3.63, 3.8) is 0 Å². The average Bonchev–Trinajstić information content (AvgIpc) is 2.62. The molecule has 0 atom stereocenters. The molecule has 3 saturated carbocycles. The maximum Gasteiger partial charge on any atom is 0.251 e. The number of benzene rings is 2. The highest BCUT2D eigenvalue weighted by Crippen LogP contribution is 2.69. The molecule has 4 nitrogen and oxygen atoms in total. The maximum atomic E-state index is 13.5. The summed E-state index contributed by atoms with van der Waals surface area (Å²) >= 11 is 11.3. The molecule has 2 aromatic carbocycles. The molecule has 1 amide bonds. The van der Waals surface area contributed by atoms with Crippen molar-refractivity contribution < 1.29 is 23.1 Å². The minimum atomic E-state index is -0.639. The van der Waals surface area contributed by atoms with Crippen LogP contribution in [0, 0.1) is 17.0 Å². The molecule has 0 saturated heterocycles. The monoisotopic (exact) mass is 439 g/mol. The number of ether oxygens (including phenoxy) is 1. The van der Waals surface area contributed by atoms with Crippen molar-refractivity contribution in [2.75, 3.05) is 6.61 Å². The Morgan fingerprint density at radius 3 is 2.24 bits per heavy atom. The summed E-state index contributed by atoms with van der Waals surface area (Å²) in [7, 11) is 0. The average molecular weight is 440 g/mol. The molecule has 0 heterocycles.